The van der Waals surface area contributed by atoms with Crippen molar-refractivity contribution in [1.82, 2.24) is 15.1 Å². The number of hydrogen-bond acceptors (Lipinski definition) is 5. The molecule has 0 radical (unpaired) electrons. The topological polar surface area (TPSA) is 76.4 Å². The first kappa shape index (κ1) is 14.7. The van der Waals surface area contributed by atoms with E-state index in [0.717, 1.165) is 42.8 Å². The van der Waals surface area contributed by atoms with Gasteiger partial charge in [0.1, 0.15) is 11.9 Å². The number of aromatic amines is 1. The highest BCUT2D eigenvalue weighted by molar-refractivity contribution is 5.75. The van der Waals surface area contributed by atoms with E-state index in [9.17, 15) is 0 Å². The number of nitrogens with zero attached hydrogens (tertiary/aromatic N) is 2. The highest BCUT2D eigenvalue weighted by Crippen LogP contribution is 2.35. The van der Waals surface area contributed by atoms with Gasteiger partial charge in [-0.3, -0.25) is 5.10 Å². The largest absolute Gasteiger partial charge is 0.493 e. The lowest BCUT2D eigenvalue weighted by molar-refractivity contribution is 0.101. The van der Waals surface area contributed by atoms with Crippen LogP contribution >= 0.6 is 0 Å². The van der Waals surface area contributed by atoms with Crippen LogP contribution in [0.15, 0.2) is 24.4 Å². The zero-order chi connectivity index (χ0) is 15.5. The molecule has 22 heavy (non-hydrogen) atoms. The Hall–Kier alpha value is -2.21. The van der Waals surface area contributed by atoms with Crippen molar-refractivity contribution in [3.8, 4) is 22.6 Å². The molecule has 0 spiro atoms. The summed E-state index contributed by atoms with van der Waals surface area (Å²) in [6.45, 7) is 2.08. The van der Waals surface area contributed by atoms with Crippen molar-refractivity contribution in [2.75, 3.05) is 33.0 Å². The fourth-order valence-electron chi connectivity index (χ4n) is 2.85. The van der Waals surface area contributed by atoms with Gasteiger partial charge in [0.2, 0.25) is 0 Å². The molecule has 6 nitrogen and oxygen atoms in total. The Morgan fingerprint density at radius 2 is 2.23 bits per heavy atom. The molecule has 2 heterocycles. The van der Waals surface area contributed by atoms with Crippen LogP contribution in [0.25, 0.3) is 11.1 Å². The molecule has 3 N–H and O–H groups in total. The van der Waals surface area contributed by atoms with Crippen LogP contribution in [0.5, 0.6) is 11.5 Å². The molecule has 0 bridgehead atoms. The van der Waals surface area contributed by atoms with Crippen LogP contribution < -0.4 is 15.2 Å². The van der Waals surface area contributed by atoms with Gasteiger partial charge < -0.3 is 20.1 Å². The van der Waals surface area contributed by atoms with Crippen molar-refractivity contribution < 1.29 is 9.47 Å². The van der Waals surface area contributed by atoms with Crippen molar-refractivity contribution in [1.29, 1.82) is 0 Å². The second kappa shape index (κ2) is 6.27. The second-order valence-electron chi connectivity index (χ2n) is 5.71. The van der Waals surface area contributed by atoms with E-state index in [-0.39, 0.29) is 6.10 Å². The molecule has 1 aromatic carbocycles. The third-order valence-electron chi connectivity index (χ3n) is 4.02. The lowest BCUT2D eigenvalue weighted by Gasteiger charge is -2.30. The molecule has 1 aliphatic rings. The lowest BCUT2D eigenvalue weighted by Crippen LogP contribution is -2.38. The molecule has 2 aromatic rings. The Morgan fingerprint density at radius 3 is 2.91 bits per heavy atom. The number of nitrogen functional groups attached to an aromatic ring is 1. The monoisotopic (exact) mass is 302 g/mol. The van der Waals surface area contributed by atoms with E-state index in [2.05, 4.69) is 22.1 Å². The predicted molar refractivity (Wildman–Crippen MR) is 86.1 cm³/mol. The summed E-state index contributed by atoms with van der Waals surface area (Å²) in [6, 6.07) is 5.85. The SMILES string of the molecule is COc1cc(-c2cn[nH]c2N)ccc1OC1CCCN(C)C1. The second-order valence-corrected chi connectivity index (χ2v) is 5.71. The third kappa shape index (κ3) is 3.01. The number of likely N-dealkylation sites (tertiary alicyclic amines) is 1. The van der Waals surface area contributed by atoms with Crippen LogP contribution in [0.1, 0.15) is 12.8 Å². The fraction of sp³-hybridized carbons (Fsp3) is 0.438. The molecule has 1 aliphatic heterocycles. The van der Waals surface area contributed by atoms with E-state index in [1.165, 1.54) is 0 Å². The smallest absolute Gasteiger partial charge is 0.161 e. The number of methoxy groups -OCH3 is 1. The highest BCUT2D eigenvalue weighted by atomic mass is 16.5. The average molecular weight is 302 g/mol. The molecule has 1 unspecified atom stereocenters. The fourth-order valence-corrected chi connectivity index (χ4v) is 2.85. The summed E-state index contributed by atoms with van der Waals surface area (Å²) in [4.78, 5) is 2.29. The number of likely N-dealkylation sites (N-methyl/N-ethyl adjacent to an activating group) is 1. The molecular weight excluding hydrogens is 280 g/mol. The van der Waals surface area contributed by atoms with Crippen LogP contribution in [0.4, 0.5) is 5.82 Å². The minimum Gasteiger partial charge on any atom is -0.493 e. The Balaban J connectivity index is 1.82. The predicted octanol–water partition coefficient (Wildman–Crippen LogP) is 2.14. The Labute approximate surface area is 130 Å². The van der Waals surface area contributed by atoms with Crippen LogP contribution in [-0.2, 0) is 0 Å². The molecule has 118 valence electrons. The first-order chi connectivity index (χ1) is 10.7. The molecule has 1 aromatic heterocycles. The minimum absolute atomic E-state index is 0.206. The van der Waals surface area contributed by atoms with E-state index in [4.69, 9.17) is 15.2 Å². The first-order valence-corrected chi connectivity index (χ1v) is 7.50. The molecule has 6 heteroatoms. The maximum Gasteiger partial charge on any atom is 0.161 e. The van der Waals surface area contributed by atoms with Gasteiger partial charge in [-0.2, -0.15) is 5.10 Å². The highest BCUT2D eigenvalue weighted by Gasteiger charge is 2.20. The number of nitrogens with two attached hydrogens (primary N) is 1. The van der Waals surface area contributed by atoms with Crippen molar-refractivity contribution in [2.45, 2.75) is 18.9 Å². The number of hydrogen-bond donors (Lipinski definition) is 2. The van der Waals surface area contributed by atoms with Gasteiger partial charge in [0.15, 0.2) is 11.5 Å². The van der Waals surface area contributed by atoms with Crippen molar-refractivity contribution in [3.63, 3.8) is 0 Å². The maximum atomic E-state index is 6.13. The summed E-state index contributed by atoms with van der Waals surface area (Å²) in [6.07, 6.45) is 4.15. The van der Waals surface area contributed by atoms with E-state index in [0.29, 0.717) is 11.6 Å². The van der Waals surface area contributed by atoms with E-state index in [1.54, 1.807) is 13.3 Å². The van der Waals surface area contributed by atoms with Crippen molar-refractivity contribution in [2.24, 2.45) is 0 Å². The van der Waals surface area contributed by atoms with Gasteiger partial charge in [-0.1, -0.05) is 6.07 Å². The normalized spacial score (nSPS) is 19.1. The number of rotatable bonds is 4. The van der Waals surface area contributed by atoms with Gasteiger partial charge in [0.05, 0.1) is 13.3 Å². The quantitative estimate of drug-likeness (QED) is 0.905. The Kier molecular flexibility index (Phi) is 4.20. The molecule has 0 amide bonds. The van der Waals surface area contributed by atoms with Gasteiger partial charge in [0, 0.05) is 12.1 Å². The number of benzene rings is 1. The maximum absolute atomic E-state index is 6.13. The Morgan fingerprint density at radius 1 is 1.36 bits per heavy atom. The minimum atomic E-state index is 0.206. The zero-order valence-corrected chi connectivity index (χ0v) is 13.0. The molecule has 1 fully saturated rings. The number of piperidine rings is 1. The standard InChI is InChI=1S/C16H22N4O2/c1-20-7-3-4-12(10-20)22-14-6-5-11(8-15(14)21-2)13-9-18-19-16(13)17/h5-6,8-9,12H,3-4,7,10H2,1-2H3,(H3,17,18,19). The summed E-state index contributed by atoms with van der Waals surface area (Å²) in [7, 11) is 3.77. The molecule has 3 rings (SSSR count). The number of anilines is 1. The summed E-state index contributed by atoms with van der Waals surface area (Å²) in [5.74, 6) is 2.03. The third-order valence-corrected chi connectivity index (χ3v) is 4.02. The summed E-state index contributed by atoms with van der Waals surface area (Å²) >= 11 is 0. The molecule has 0 aliphatic carbocycles. The van der Waals surface area contributed by atoms with Gasteiger partial charge in [-0.05, 0) is 44.1 Å². The summed E-state index contributed by atoms with van der Waals surface area (Å²) in [5, 5.41) is 6.69. The molecule has 0 saturated carbocycles. The summed E-state index contributed by atoms with van der Waals surface area (Å²) in [5.41, 5.74) is 7.69. The number of H-pyrrole nitrogens is 1. The molecule has 1 saturated heterocycles. The number of ether oxygens (including phenoxy) is 2. The first-order valence-electron chi connectivity index (χ1n) is 7.50. The van der Waals surface area contributed by atoms with E-state index in [1.807, 2.05) is 18.2 Å². The van der Waals surface area contributed by atoms with Gasteiger partial charge in [-0.25, -0.2) is 0 Å². The number of aromatic nitrogens is 2. The molecular formula is C16H22N4O2. The average Bonchev–Trinajstić information content (AvgIpc) is 2.94. The Bertz CT molecular complexity index is 641. The van der Waals surface area contributed by atoms with Crippen LogP contribution in [-0.4, -0.2) is 48.4 Å². The number of nitrogens with one attached hydrogen (secondary N) is 1. The van der Waals surface area contributed by atoms with E-state index < -0.39 is 0 Å². The lowest BCUT2D eigenvalue weighted by atomic mass is 10.1. The van der Waals surface area contributed by atoms with Crippen LogP contribution in [0.2, 0.25) is 0 Å². The summed E-state index contributed by atoms with van der Waals surface area (Å²) < 4.78 is 11.6. The van der Waals surface area contributed by atoms with Gasteiger partial charge >= 0.3 is 0 Å². The zero-order valence-electron chi connectivity index (χ0n) is 13.0. The molecule has 1 atom stereocenters. The van der Waals surface area contributed by atoms with Crippen molar-refractivity contribution in [3.05, 3.63) is 24.4 Å². The van der Waals surface area contributed by atoms with E-state index >= 15 is 0 Å². The van der Waals surface area contributed by atoms with Crippen molar-refractivity contribution >= 4 is 5.82 Å². The van der Waals surface area contributed by atoms with Crippen LogP contribution in [0.3, 0.4) is 0 Å². The van der Waals surface area contributed by atoms with Gasteiger partial charge in [-0.15, -0.1) is 0 Å². The van der Waals surface area contributed by atoms with Crippen LogP contribution in [0, 0.1) is 0 Å². The van der Waals surface area contributed by atoms with Gasteiger partial charge in [0.25, 0.3) is 0 Å².